The molecule has 0 unspecified atom stereocenters. The Kier molecular flexibility index (Phi) is 3.74. The molecule has 28 heavy (non-hydrogen) atoms. The van der Waals surface area contributed by atoms with E-state index in [1.54, 1.807) is 0 Å². The molecule has 3 heteroatoms. The van der Waals surface area contributed by atoms with E-state index in [2.05, 4.69) is 34.1 Å². The summed E-state index contributed by atoms with van der Waals surface area (Å²) in [5.74, 6) is 0. The molecule has 2 aliphatic rings. The van der Waals surface area contributed by atoms with E-state index in [1.807, 2.05) is 66.7 Å². The van der Waals surface area contributed by atoms with Crippen molar-refractivity contribution in [3.8, 4) is 11.1 Å². The number of aromatic amines is 1. The summed E-state index contributed by atoms with van der Waals surface area (Å²) in [5, 5.41) is 3.10. The van der Waals surface area contributed by atoms with Crippen LogP contribution in [-0.4, -0.2) is 4.98 Å². The van der Waals surface area contributed by atoms with Gasteiger partial charge in [0.25, 0.3) is 0 Å². The molecule has 0 atom stereocenters. The van der Waals surface area contributed by atoms with E-state index in [1.165, 1.54) is 0 Å². The molecule has 0 aromatic heterocycles. The van der Waals surface area contributed by atoms with Crippen molar-refractivity contribution in [2.75, 3.05) is 0 Å². The van der Waals surface area contributed by atoms with Gasteiger partial charge in [0.2, 0.25) is 0 Å². The average Bonchev–Trinajstić information content (AvgIpc) is 2.72. The van der Waals surface area contributed by atoms with Crippen LogP contribution in [0.5, 0.6) is 0 Å². The Labute approximate surface area is 170 Å². The molecule has 1 aliphatic carbocycles. The molecule has 1 aliphatic heterocycles. The number of rotatable bonds is 2. The highest BCUT2D eigenvalue weighted by molar-refractivity contribution is 9.10. The summed E-state index contributed by atoms with van der Waals surface area (Å²) in [7, 11) is 0. The minimum absolute atomic E-state index is 0.0297. The van der Waals surface area contributed by atoms with Crippen molar-refractivity contribution < 1.29 is 0 Å². The molecule has 1 heterocycles. The van der Waals surface area contributed by atoms with Gasteiger partial charge in [-0.2, -0.15) is 0 Å². The summed E-state index contributed by atoms with van der Waals surface area (Å²) in [6.07, 6.45) is 0. The highest BCUT2D eigenvalue weighted by Gasteiger charge is 2.24. The Balaban J connectivity index is 2.06. The maximum Gasteiger partial charge on any atom is 0.195 e. The SMILES string of the molecule is C=C(c1ccccc1)c1c2c3ccccc3c(=O)c3c(Br)ccc([nH]c1=C)c3-2. The van der Waals surface area contributed by atoms with Gasteiger partial charge in [-0.1, -0.05) is 83.7 Å². The molecule has 0 amide bonds. The number of pyridine rings is 1. The van der Waals surface area contributed by atoms with Crippen LogP contribution in [0.4, 0.5) is 0 Å². The van der Waals surface area contributed by atoms with Gasteiger partial charge in [-0.25, -0.2) is 0 Å². The number of fused-ring (bicyclic) bond motifs is 2. The summed E-state index contributed by atoms with van der Waals surface area (Å²) in [6, 6.07) is 21.7. The Morgan fingerprint density at radius 2 is 1.54 bits per heavy atom. The number of hydrogen-bond acceptors (Lipinski definition) is 1. The molecule has 0 saturated heterocycles. The first kappa shape index (κ1) is 17.0. The van der Waals surface area contributed by atoms with Crippen LogP contribution in [-0.2, 0) is 0 Å². The van der Waals surface area contributed by atoms with E-state index in [0.29, 0.717) is 10.8 Å². The normalized spacial score (nSPS) is 11.5. The number of hydrogen-bond donors (Lipinski definition) is 1. The molecule has 3 aromatic carbocycles. The summed E-state index contributed by atoms with van der Waals surface area (Å²) >= 11 is 3.59. The van der Waals surface area contributed by atoms with E-state index >= 15 is 0 Å². The number of benzene rings is 4. The fraction of sp³-hybridized carbons (Fsp3) is 0. The van der Waals surface area contributed by atoms with E-state index in [9.17, 15) is 4.79 Å². The van der Waals surface area contributed by atoms with E-state index in [4.69, 9.17) is 0 Å². The zero-order valence-electron chi connectivity index (χ0n) is 15.1. The van der Waals surface area contributed by atoms with Crippen molar-refractivity contribution in [2.45, 2.75) is 0 Å². The number of halogens is 1. The minimum Gasteiger partial charge on any atom is -0.355 e. The zero-order chi connectivity index (χ0) is 19.4. The number of H-pyrrole nitrogens is 1. The van der Waals surface area contributed by atoms with Gasteiger partial charge in [-0.15, -0.1) is 0 Å². The third-order valence-electron chi connectivity index (χ3n) is 5.33. The maximum atomic E-state index is 13.3. The predicted octanol–water partition coefficient (Wildman–Crippen LogP) is 5.74. The molecule has 0 saturated carbocycles. The molecular formula is C25H16BrNO. The minimum atomic E-state index is 0.0297. The van der Waals surface area contributed by atoms with Gasteiger partial charge in [0.15, 0.2) is 5.43 Å². The first-order valence-corrected chi connectivity index (χ1v) is 9.79. The molecular weight excluding hydrogens is 410 g/mol. The van der Waals surface area contributed by atoms with Crippen molar-refractivity contribution in [2.24, 2.45) is 0 Å². The second-order valence-corrected chi connectivity index (χ2v) is 7.77. The van der Waals surface area contributed by atoms with Crippen LogP contribution in [0, 0.1) is 0 Å². The molecule has 2 nitrogen and oxygen atoms in total. The predicted molar refractivity (Wildman–Crippen MR) is 122 cm³/mol. The molecule has 0 radical (unpaired) electrons. The number of nitrogens with one attached hydrogen (secondary N) is 1. The molecule has 1 N–H and O–H groups in total. The molecule has 134 valence electrons. The van der Waals surface area contributed by atoms with Gasteiger partial charge in [0.05, 0.1) is 0 Å². The summed E-state index contributed by atoms with van der Waals surface area (Å²) in [5.41, 5.74) is 5.71. The van der Waals surface area contributed by atoms with Gasteiger partial charge in [0, 0.05) is 42.8 Å². The van der Waals surface area contributed by atoms with Crippen LogP contribution in [0.25, 0.3) is 45.0 Å². The first-order valence-electron chi connectivity index (χ1n) is 9.00. The highest BCUT2D eigenvalue weighted by Crippen LogP contribution is 2.42. The molecule has 3 aromatic rings. The molecule has 5 rings (SSSR count). The Morgan fingerprint density at radius 1 is 0.857 bits per heavy atom. The Morgan fingerprint density at radius 3 is 2.29 bits per heavy atom. The Bertz CT molecular complexity index is 1460. The molecule has 0 fully saturated rings. The van der Waals surface area contributed by atoms with Gasteiger partial charge < -0.3 is 4.98 Å². The number of aromatic nitrogens is 1. The molecule has 0 spiro atoms. The van der Waals surface area contributed by atoms with Crippen LogP contribution in [0.3, 0.4) is 0 Å². The van der Waals surface area contributed by atoms with Crippen LogP contribution in [0.2, 0.25) is 0 Å². The first-order chi connectivity index (χ1) is 13.6. The second-order valence-electron chi connectivity index (χ2n) is 6.92. The van der Waals surface area contributed by atoms with Crippen LogP contribution in [0.15, 0.2) is 82.6 Å². The van der Waals surface area contributed by atoms with E-state index in [0.717, 1.165) is 48.6 Å². The lowest BCUT2D eigenvalue weighted by Crippen LogP contribution is -2.18. The van der Waals surface area contributed by atoms with E-state index in [-0.39, 0.29) is 5.43 Å². The summed E-state index contributed by atoms with van der Waals surface area (Å²) < 4.78 is 0.794. The van der Waals surface area contributed by atoms with Crippen LogP contribution < -0.4 is 10.8 Å². The average molecular weight is 426 g/mol. The van der Waals surface area contributed by atoms with Crippen molar-refractivity contribution in [1.82, 2.24) is 4.98 Å². The van der Waals surface area contributed by atoms with Crippen molar-refractivity contribution in [3.05, 3.63) is 104 Å². The fourth-order valence-electron chi connectivity index (χ4n) is 4.08. The van der Waals surface area contributed by atoms with Crippen molar-refractivity contribution >= 4 is 49.8 Å². The Hall–Kier alpha value is -3.17. The van der Waals surface area contributed by atoms with Crippen molar-refractivity contribution in [3.63, 3.8) is 0 Å². The topological polar surface area (TPSA) is 32.9 Å². The summed E-state index contributed by atoms with van der Waals surface area (Å²) in [4.78, 5) is 16.7. The quantitative estimate of drug-likeness (QED) is 0.284. The maximum absolute atomic E-state index is 13.3. The van der Waals surface area contributed by atoms with Gasteiger partial charge in [-0.05, 0) is 28.7 Å². The third kappa shape index (κ3) is 2.30. The molecule has 0 bridgehead atoms. The second kappa shape index (κ2) is 6.18. The van der Waals surface area contributed by atoms with E-state index < -0.39 is 0 Å². The lowest BCUT2D eigenvalue weighted by Gasteiger charge is -2.21. The van der Waals surface area contributed by atoms with Gasteiger partial charge in [-0.3, -0.25) is 4.79 Å². The largest absolute Gasteiger partial charge is 0.355 e. The standard InChI is InChI=1S/C25H16BrNO/c1-14(16-8-4-3-5-9-16)21-15(2)27-20-13-12-19(26)23-24(20)22(21)17-10-6-7-11-18(17)25(23)28/h3-13,27H,1-2H2. The van der Waals surface area contributed by atoms with Gasteiger partial charge >= 0.3 is 0 Å². The lowest BCUT2D eigenvalue weighted by atomic mass is 9.84. The smallest absolute Gasteiger partial charge is 0.195 e. The lowest BCUT2D eigenvalue weighted by molar-refractivity contribution is 1.29. The zero-order valence-corrected chi connectivity index (χ0v) is 16.6. The van der Waals surface area contributed by atoms with Gasteiger partial charge in [0.1, 0.15) is 0 Å². The van der Waals surface area contributed by atoms with Crippen LogP contribution >= 0.6 is 15.9 Å². The van der Waals surface area contributed by atoms with Crippen LogP contribution in [0.1, 0.15) is 11.1 Å². The fourth-order valence-corrected chi connectivity index (χ4v) is 4.59. The monoisotopic (exact) mass is 425 g/mol. The highest BCUT2D eigenvalue weighted by atomic mass is 79.9. The summed E-state index contributed by atoms with van der Waals surface area (Å²) in [6.45, 7) is 8.66. The third-order valence-corrected chi connectivity index (χ3v) is 5.99. The van der Waals surface area contributed by atoms with Crippen molar-refractivity contribution in [1.29, 1.82) is 0 Å².